The third-order valence-corrected chi connectivity index (χ3v) is 2.96. The van der Waals surface area contributed by atoms with Crippen LogP contribution in [0.5, 0.6) is 23.0 Å². The highest BCUT2D eigenvalue weighted by Gasteiger charge is 2.24. The van der Waals surface area contributed by atoms with Gasteiger partial charge in [0.15, 0.2) is 11.5 Å². The Morgan fingerprint density at radius 2 is 1.27 bits per heavy atom. The number of rotatable bonds is 5. The molecule has 138 valence electrons. The highest BCUT2D eigenvalue weighted by molar-refractivity contribution is 5.83. The van der Waals surface area contributed by atoms with Gasteiger partial charge in [-0.25, -0.2) is 0 Å². The number of benzene rings is 2. The van der Waals surface area contributed by atoms with Gasteiger partial charge < -0.3 is 19.7 Å². The molecule has 0 spiro atoms. The second-order valence-corrected chi connectivity index (χ2v) is 4.58. The molecule has 0 saturated heterocycles. The molecule has 2 aromatic carbocycles. The molecule has 2 aromatic rings. The smallest absolute Gasteiger partial charge is 0.344 e. The monoisotopic (exact) mass is 378 g/mol. The second-order valence-electron chi connectivity index (χ2n) is 4.58. The molecular formula is C16H8F6O4. The zero-order valence-corrected chi connectivity index (χ0v) is 12.4. The highest BCUT2D eigenvalue weighted by atomic mass is 19.3. The average Bonchev–Trinajstić information content (AvgIpc) is 2.58. The number of ether oxygens (including phenoxy) is 2. The third kappa shape index (κ3) is 4.02. The van der Waals surface area contributed by atoms with Crippen molar-refractivity contribution >= 4 is 0 Å². The molecular weight excluding hydrogens is 370 g/mol. The molecule has 0 saturated carbocycles. The van der Waals surface area contributed by atoms with E-state index in [-0.39, 0.29) is 5.56 Å². The summed E-state index contributed by atoms with van der Waals surface area (Å²) in [6, 6.07) is 1.71. The summed E-state index contributed by atoms with van der Waals surface area (Å²) in [6.45, 7) is 0. The van der Waals surface area contributed by atoms with Crippen LogP contribution >= 0.6 is 0 Å². The molecule has 0 fully saturated rings. The van der Waals surface area contributed by atoms with Gasteiger partial charge >= 0.3 is 24.2 Å². The zero-order valence-electron chi connectivity index (χ0n) is 12.4. The summed E-state index contributed by atoms with van der Waals surface area (Å²) in [5.74, 6) is -3.23. The fourth-order valence-electron chi connectivity index (χ4n) is 1.94. The normalized spacial score (nSPS) is 10.2. The standard InChI is InChI=1S/C16H8F6O4/c17-13(18)15(21)25-10-6-5-9(24)11(7-3-1-2-4-8(7)23)12(10)26-16(22)14(19)20/h1-6,23-24H. The van der Waals surface area contributed by atoms with Crippen LogP contribution in [0.1, 0.15) is 0 Å². The number of halogens is 6. The molecule has 2 N–H and O–H groups in total. The van der Waals surface area contributed by atoms with E-state index < -0.39 is 52.7 Å². The first-order valence-corrected chi connectivity index (χ1v) is 6.64. The Hall–Kier alpha value is -3.30. The van der Waals surface area contributed by atoms with Crippen molar-refractivity contribution in [1.82, 2.24) is 0 Å². The van der Waals surface area contributed by atoms with Crippen LogP contribution in [0.2, 0.25) is 0 Å². The summed E-state index contributed by atoms with van der Waals surface area (Å²) < 4.78 is 84.0. The lowest BCUT2D eigenvalue weighted by Crippen LogP contribution is -1.99. The van der Waals surface area contributed by atoms with Crippen LogP contribution in [0.25, 0.3) is 11.1 Å². The molecule has 0 amide bonds. The van der Waals surface area contributed by atoms with Crippen LogP contribution in [-0.4, -0.2) is 10.2 Å². The minimum atomic E-state index is -2.91. The SMILES string of the molecule is Oc1ccccc1-c1c(O)ccc(OC(F)=C(F)F)c1OC(F)=C(F)F. The summed E-state index contributed by atoms with van der Waals surface area (Å²) in [4.78, 5) is 0. The van der Waals surface area contributed by atoms with Crippen LogP contribution in [0, 0.1) is 0 Å². The Bertz CT molecular complexity index is 886. The summed E-state index contributed by atoms with van der Waals surface area (Å²) in [7, 11) is 0. The van der Waals surface area contributed by atoms with E-state index in [1.54, 1.807) is 0 Å². The van der Waals surface area contributed by atoms with E-state index in [1.807, 2.05) is 0 Å². The van der Waals surface area contributed by atoms with Gasteiger partial charge in [0.1, 0.15) is 11.5 Å². The van der Waals surface area contributed by atoms with Crippen molar-refractivity contribution in [1.29, 1.82) is 0 Å². The fraction of sp³-hybridized carbons (Fsp3) is 0. The molecule has 0 aliphatic heterocycles. The second kappa shape index (κ2) is 7.72. The lowest BCUT2D eigenvalue weighted by molar-refractivity contribution is 0.213. The summed E-state index contributed by atoms with van der Waals surface area (Å²) >= 11 is 0. The van der Waals surface area contributed by atoms with E-state index in [4.69, 9.17) is 0 Å². The molecule has 0 aromatic heterocycles. The number of phenolic OH excluding ortho intramolecular Hbond substituents is 2. The van der Waals surface area contributed by atoms with Gasteiger partial charge in [0.25, 0.3) is 0 Å². The first-order chi connectivity index (χ1) is 12.2. The lowest BCUT2D eigenvalue weighted by Gasteiger charge is -2.16. The molecule has 0 radical (unpaired) electrons. The van der Waals surface area contributed by atoms with E-state index in [1.165, 1.54) is 18.2 Å². The van der Waals surface area contributed by atoms with E-state index in [0.29, 0.717) is 6.07 Å². The van der Waals surface area contributed by atoms with E-state index in [9.17, 15) is 36.6 Å². The maximum Gasteiger partial charge on any atom is 0.344 e. The Kier molecular flexibility index (Phi) is 5.65. The number of hydrogen-bond acceptors (Lipinski definition) is 4. The van der Waals surface area contributed by atoms with Crippen LogP contribution in [0.3, 0.4) is 0 Å². The Balaban J connectivity index is 2.75. The van der Waals surface area contributed by atoms with Crippen molar-refractivity contribution in [3.63, 3.8) is 0 Å². The number of hydrogen-bond donors (Lipinski definition) is 2. The van der Waals surface area contributed by atoms with Gasteiger partial charge in [-0.15, -0.1) is 0 Å². The van der Waals surface area contributed by atoms with E-state index in [2.05, 4.69) is 9.47 Å². The van der Waals surface area contributed by atoms with Crippen LogP contribution in [0.15, 0.2) is 60.6 Å². The van der Waals surface area contributed by atoms with Crippen molar-refractivity contribution < 1.29 is 46.0 Å². The molecule has 4 nitrogen and oxygen atoms in total. The van der Waals surface area contributed by atoms with Crippen molar-refractivity contribution in [2.75, 3.05) is 0 Å². The van der Waals surface area contributed by atoms with Gasteiger partial charge in [-0.05, 0) is 18.2 Å². The Labute approximate surface area is 141 Å². The summed E-state index contributed by atoms with van der Waals surface area (Å²) in [6.07, 6.45) is -5.78. The van der Waals surface area contributed by atoms with Crippen LogP contribution < -0.4 is 9.47 Å². The topological polar surface area (TPSA) is 58.9 Å². The quantitative estimate of drug-likeness (QED) is 0.526. The number of para-hydroxylation sites is 1. The molecule has 0 unspecified atom stereocenters. The van der Waals surface area contributed by atoms with Crippen molar-refractivity contribution in [2.24, 2.45) is 0 Å². The minimum absolute atomic E-state index is 0.248. The molecule has 0 atom stereocenters. The van der Waals surface area contributed by atoms with Crippen molar-refractivity contribution in [3.8, 4) is 34.1 Å². The van der Waals surface area contributed by atoms with Gasteiger partial charge in [0, 0.05) is 5.56 Å². The molecule has 2 rings (SSSR count). The molecule has 0 aliphatic carbocycles. The lowest BCUT2D eigenvalue weighted by atomic mass is 10.0. The molecule has 0 bridgehead atoms. The van der Waals surface area contributed by atoms with Gasteiger partial charge in [0.05, 0.1) is 5.56 Å². The predicted molar refractivity (Wildman–Crippen MR) is 77.2 cm³/mol. The maximum atomic E-state index is 13.3. The molecule has 0 aliphatic rings. The zero-order chi connectivity index (χ0) is 19.4. The van der Waals surface area contributed by atoms with Gasteiger partial charge in [0.2, 0.25) is 0 Å². The maximum absolute atomic E-state index is 13.3. The minimum Gasteiger partial charge on any atom is -0.507 e. The number of phenols is 2. The average molecular weight is 378 g/mol. The first-order valence-electron chi connectivity index (χ1n) is 6.64. The van der Waals surface area contributed by atoms with Crippen LogP contribution in [-0.2, 0) is 0 Å². The molecule has 26 heavy (non-hydrogen) atoms. The van der Waals surface area contributed by atoms with E-state index in [0.717, 1.165) is 12.1 Å². The third-order valence-electron chi connectivity index (χ3n) is 2.96. The summed E-state index contributed by atoms with van der Waals surface area (Å²) in [5.41, 5.74) is -0.841. The van der Waals surface area contributed by atoms with Gasteiger partial charge in [-0.1, -0.05) is 18.2 Å². The molecule has 10 heteroatoms. The summed E-state index contributed by atoms with van der Waals surface area (Å²) in [5, 5.41) is 19.8. The number of aromatic hydroxyl groups is 2. The predicted octanol–water partition coefficient (Wildman–Crippen LogP) is 5.59. The fourth-order valence-corrected chi connectivity index (χ4v) is 1.94. The van der Waals surface area contributed by atoms with Gasteiger partial charge in [-0.2, -0.15) is 26.3 Å². The van der Waals surface area contributed by atoms with Crippen molar-refractivity contribution in [3.05, 3.63) is 60.6 Å². The molecule has 0 heterocycles. The Morgan fingerprint density at radius 3 is 1.85 bits per heavy atom. The van der Waals surface area contributed by atoms with Crippen molar-refractivity contribution in [2.45, 2.75) is 0 Å². The van der Waals surface area contributed by atoms with Crippen LogP contribution in [0.4, 0.5) is 26.3 Å². The van der Waals surface area contributed by atoms with E-state index >= 15 is 0 Å². The first kappa shape index (κ1) is 19.0. The van der Waals surface area contributed by atoms with Gasteiger partial charge in [-0.3, -0.25) is 0 Å². The Morgan fingerprint density at radius 1 is 0.692 bits per heavy atom. The highest BCUT2D eigenvalue weighted by Crippen LogP contribution is 2.48. The largest absolute Gasteiger partial charge is 0.507 e.